The Morgan fingerprint density at radius 2 is 2.31 bits per heavy atom. The Morgan fingerprint density at radius 1 is 1.50 bits per heavy atom. The van der Waals surface area contributed by atoms with Crippen molar-refractivity contribution in [3.63, 3.8) is 0 Å². The zero-order valence-electron chi connectivity index (χ0n) is 9.44. The van der Waals surface area contributed by atoms with E-state index in [1.807, 2.05) is 11.8 Å². The Labute approximate surface area is 104 Å². The van der Waals surface area contributed by atoms with Crippen molar-refractivity contribution >= 4 is 28.3 Å². The molecule has 0 unspecified atom stereocenters. The van der Waals surface area contributed by atoms with E-state index >= 15 is 0 Å². The highest BCUT2D eigenvalue weighted by Crippen LogP contribution is 2.28. The molecule has 0 amide bonds. The lowest BCUT2D eigenvalue weighted by Crippen LogP contribution is -2.17. The average molecular weight is 259 g/mol. The first-order valence-electron chi connectivity index (χ1n) is 5.64. The summed E-state index contributed by atoms with van der Waals surface area (Å²) in [6, 6.07) is 0. The minimum atomic E-state index is 0.727. The van der Waals surface area contributed by atoms with Crippen molar-refractivity contribution in [3.05, 3.63) is 5.69 Å². The van der Waals surface area contributed by atoms with Gasteiger partial charge in [-0.1, -0.05) is 4.49 Å². The summed E-state index contributed by atoms with van der Waals surface area (Å²) in [4.78, 5) is 0. The SMILES string of the molecule is CCNc1snnc1CSC1CCOCC1. The number of rotatable bonds is 5. The Morgan fingerprint density at radius 3 is 3.06 bits per heavy atom. The van der Waals surface area contributed by atoms with Crippen molar-refractivity contribution in [1.29, 1.82) is 0 Å². The molecule has 16 heavy (non-hydrogen) atoms. The van der Waals surface area contributed by atoms with Gasteiger partial charge in [-0.3, -0.25) is 0 Å². The maximum absolute atomic E-state index is 5.35. The van der Waals surface area contributed by atoms with Crippen LogP contribution < -0.4 is 5.32 Å². The summed E-state index contributed by atoms with van der Waals surface area (Å²) in [7, 11) is 0. The van der Waals surface area contributed by atoms with Crippen LogP contribution in [0.2, 0.25) is 0 Å². The number of ether oxygens (including phenoxy) is 1. The second kappa shape index (κ2) is 6.42. The fraction of sp³-hybridized carbons (Fsp3) is 0.800. The highest BCUT2D eigenvalue weighted by Gasteiger charge is 2.16. The molecule has 0 atom stereocenters. The summed E-state index contributed by atoms with van der Waals surface area (Å²) < 4.78 is 9.34. The van der Waals surface area contributed by atoms with E-state index in [-0.39, 0.29) is 0 Å². The van der Waals surface area contributed by atoms with Gasteiger partial charge in [0.2, 0.25) is 0 Å². The van der Waals surface area contributed by atoms with Crippen LogP contribution in [0.3, 0.4) is 0 Å². The van der Waals surface area contributed by atoms with E-state index in [2.05, 4.69) is 21.8 Å². The van der Waals surface area contributed by atoms with E-state index in [9.17, 15) is 0 Å². The van der Waals surface area contributed by atoms with E-state index in [0.29, 0.717) is 0 Å². The zero-order chi connectivity index (χ0) is 11.2. The summed E-state index contributed by atoms with van der Waals surface area (Å²) in [6.45, 7) is 4.84. The lowest BCUT2D eigenvalue weighted by Gasteiger charge is -2.21. The number of aromatic nitrogens is 2. The fourth-order valence-electron chi connectivity index (χ4n) is 1.64. The third-order valence-corrected chi connectivity index (χ3v) is 4.63. The van der Waals surface area contributed by atoms with Gasteiger partial charge >= 0.3 is 0 Å². The van der Waals surface area contributed by atoms with Crippen LogP contribution in [-0.2, 0) is 10.5 Å². The molecule has 0 spiro atoms. The van der Waals surface area contributed by atoms with Crippen LogP contribution in [0.25, 0.3) is 0 Å². The minimum absolute atomic E-state index is 0.727. The standard InChI is InChI=1S/C10H17N3OS2/c1-2-11-10-9(12-13-16-10)7-15-8-3-5-14-6-4-8/h8,11H,2-7H2,1H3. The molecule has 1 fully saturated rings. The number of hydrogen-bond donors (Lipinski definition) is 1. The van der Waals surface area contributed by atoms with Crippen molar-refractivity contribution in [1.82, 2.24) is 9.59 Å². The molecule has 1 aliphatic rings. The van der Waals surface area contributed by atoms with E-state index < -0.39 is 0 Å². The van der Waals surface area contributed by atoms with Gasteiger partial charge < -0.3 is 10.1 Å². The van der Waals surface area contributed by atoms with Gasteiger partial charge in [-0.25, -0.2) is 0 Å². The van der Waals surface area contributed by atoms with Crippen molar-refractivity contribution in [2.45, 2.75) is 30.8 Å². The van der Waals surface area contributed by atoms with E-state index in [1.54, 1.807) is 0 Å². The number of nitrogens with zero attached hydrogens (tertiary/aromatic N) is 2. The quantitative estimate of drug-likeness (QED) is 0.879. The molecule has 0 aliphatic carbocycles. The third kappa shape index (κ3) is 3.33. The number of anilines is 1. The second-order valence-corrected chi connectivity index (χ2v) is 5.74. The molecule has 1 aromatic heterocycles. The van der Waals surface area contributed by atoms with Crippen LogP contribution in [0.4, 0.5) is 5.00 Å². The van der Waals surface area contributed by atoms with E-state index in [1.165, 1.54) is 24.4 Å². The molecule has 90 valence electrons. The Hall–Kier alpha value is -0.330. The normalized spacial score (nSPS) is 17.6. The fourth-order valence-corrected chi connectivity index (χ4v) is 3.50. The molecule has 4 nitrogen and oxygen atoms in total. The maximum atomic E-state index is 5.35. The first-order valence-corrected chi connectivity index (χ1v) is 7.46. The van der Waals surface area contributed by atoms with Gasteiger partial charge in [0.1, 0.15) is 10.7 Å². The molecular formula is C10H17N3OS2. The minimum Gasteiger partial charge on any atom is -0.381 e. The van der Waals surface area contributed by atoms with Gasteiger partial charge in [0.15, 0.2) is 0 Å². The molecule has 1 aromatic rings. The first kappa shape index (κ1) is 12.1. The third-order valence-electron chi connectivity index (χ3n) is 2.52. The Kier molecular flexibility index (Phi) is 4.87. The predicted molar refractivity (Wildman–Crippen MR) is 69.2 cm³/mol. The summed E-state index contributed by atoms with van der Waals surface area (Å²) in [5.41, 5.74) is 1.10. The molecule has 2 rings (SSSR count). The van der Waals surface area contributed by atoms with Crippen molar-refractivity contribution < 1.29 is 4.74 Å². The topological polar surface area (TPSA) is 47.0 Å². The molecule has 1 N–H and O–H groups in total. The summed E-state index contributed by atoms with van der Waals surface area (Å²) in [5.74, 6) is 0.962. The van der Waals surface area contributed by atoms with E-state index in [0.717, 1.165) is 41.5 Å². The molecule has 6 heteroatoms. The van der Waals surface area contributed by atoms with Crippen LogP contribution in [0.15, 0.2) is 0 Å². The van der Waals surface area contributed by atoms with Gasteiger partial charge in [0.05, 0.1) is 0 Å². The van der Waals surface area contributed by atoms with Crippen LogP contribution >= 0.6 is 23.3 Å². The largest absolute Gasteiger partial charge is 0.381 e. The molecule has 0 aromatic carbocycles. The second-order valence-electron chi connectivity index (χ2n) is 3.70. The highest BCUT2D eigenvalue weighted by molar-refractivity contribution is 7.99. The highest BCUT2D eigenvalue weighted by atomic mass is 32.2. The molecule has 0 radical (unpaired) electrons. The average Bonchev–Trinajstić information content (AvgIpc) is 2.76. The van der Waals surface area contributed by atoms with Crippen LogP contribution in [0.1, 0.15) is 25.5 Å². The summed E-state index contributed by atoms with van der Waals surface area (Å²) in [6.07, 6.45) is 2.33. The van der Waals surface area contributed by atoms with Gasteiger partial charge in [-0.15, -0.1) is 5.10 Å². The van der Waals surface area contributed by atoms with Crippen LogP contribution in [0.5, 0.6) is 0 Å². The molecule has 2 heterocycles. The van der Waals surface area contributed by atoms with Crippen LogP contribution in [-0.4, -0.2) is 34.6 Å². The first-order chi connectivity index (χ1) is 7.90. The predicted octanol–water partition coefficient (Wildman–Crippen LogP) is 2.38. The Balaban J connectivity index is 1.81. The monoisotopic (exact) mass is 259 g/mol. The molecule has 0 saturated carbocycles. The van der Waals surface area contributed by atoms with Gasteiger partial charge in [-0.2, -0.15) is 11.8 Å². The summed E-state index contributed by atoms with van der Waals surface area (Å²) >= 11 is 3.43. The maximum Gasteiger partial charge on any atom is 0.134 e. The number of thioether (sulfide) groups is 1. The zero-order valence-corrected chi connectivity index (χ0v) is 11.1. The smallest absolute Gasteiger partial charge is 0.134 e. The number of nitrogens with one attached hydrogen (secondary N) is 1. The van der Waals surface area contributed by atoms with Gasteiger partial charge in [0.25, 0.3) is 0 Å². The van der Waals surface area contributed by atoms with E-state index in [4.69, 9.17) is 4.74 Å². The van der Waals surface area contributed by atoms with Crippen molar-refractivity contribution in [2.75, 3.05) is 25.1 Å². The van der Waals surface area contributed by atoms with Crippen molar-refractivity contribution in [2.24, 2.45) is 0 Å². The molecule has 1 saturated heterocycles. The van der Waals surface area contributed by atoms with Gasteiger partial charge in [-0.05, 0) is 19.8 Å². The molecule has 1 aliphatic heterocycles. The van der Waals surface area contributed by atoms with Gasteiger partial charge in [0, 0.05) is 42.3 Å². The van der Waals surface area contributed by atoms with Crippen molar-refractivity contribution in [3.8, 4) is 0 Å². The lowest BCUT2D eigenvalue weighted by atomic mass is 10.2. The number of hydrogen-bond acceptors (Lipinski definition) is 6. The lowest BCUT2D eigenvalue weighted by molar-refractivity contribution is 0.1000. The molecular weight excluding hydrogens is 242 g/mol. The summed E-state index contributed by atoms with van der Waals surface area (Å²) in [5, 5.41) is 9.33. The van der Waals surface area contributed by atoms with Crippen LogP contribution in [0, 0.1) is 0 Å². The Bertz CT molecular complexity index is 313. The molecule has 0 bridgehead atoms.